The molecule has 0 aliphatic rings. The van der Waals surface area contributed by atoms with Gasteiger partial charge in [0, 0.05) is 3.57 Å². The van der Waals surface area contributed by atoms with Crippen LogP contribution >= 0.6 is 22.6 Å². The molecule has 3 heteroatoms. The predicted molar refractivity (Wildman–Crippen MR) is 81.2 cm³/mol. The van der Waals surface area contributed by atoms with Gasteiger partial charge in [-0.1, -0.05) is 24.3 Å². The van der Waals surface area contributed by atoms with E-state index in [1.54, 1.807) is 6.07 Å². The van der Waals surface area contributed by atoms with Crippen LogP contribution in [0.3, 0.4) is 0 Å². The second-order valence-corrected chi connectivity index (χ2v) is 5.41. The molecule has 0 radical (unpaired) electrons. The van der Waals surface area contributed by atoms with E-state index in [0.717, 1.165) is 11.1 Å². The van der Waals surface area contributed by atoms with Crippen LogP contribution in [0, 0.1) is 16.3 Å². The van der Waals surface area contributed by atoms with Gasteiger partial charge in [0.15, 0.2) is 0 Å². The quantitative estimate of drug-likeness (QED) is 0.820. The van der Waals surface area contributed by atoms with Crippen molar-refractivity contribution in [1.29, 1.82) is 0 Å². The molecule has 0 fully saturated rings. The average molecular weight is 355 g/mol. The standard InChI is InChI=1S/C15H15FIN/c1-10-9-11(16)7-8-12(10)15(18-2)13-5-3-4-6-14(13)17/h3-9,15,18H,1-2H3. The van der Waals surface area contributed by atoms with Crippen molar-refractivity contribution >= 4 is 22.6 Å². The van der Waals surface area contributed by atoms with Crippen molar-refractivity contribution in [3.63, 3.8) is 0 Å². The van der Waals surface area contributed by atoms with E-state index >= 15 is 0 Å². The highest BCUT2D eigenvalue weighted by atomic mass is 127. The van der Waals surface area contributed by atoms with Crippen LogP contribution in [0.25, 0.3) is 0 Å². The Morgan fingerprint density at radius 1 is 1.11 bits per heavy atom. The molecule has 1 atom stereocenters. The van der Waals surface area contributed by atoms with E-state index in [0.29, 0.717) is 0 Å². The molecular weight excluding hydrogens is 340 g/mol. The number of aryl methyl sites for hydroxylation is 1. The second kappa shape index (κ2) is 5.80. The van der Waals surface area contributed by atoms with Crippen LogP contribution < -0.4 is 5.32 Å². The van der Waals surface area contributed by atoms with Crippen LogP contribution in [0.15, 0.2) is 42.5 Å². The van der Waals surface area contributed by atoms with Crippen molar-refractivity contribution in [2.24, 2.45) is 0 Å². The van der Waals surface area contributed by atoms with Gasteiger partial charge in [-0.25, -0.2) is 4.39 Å². The summed E-state index contributed by atoms with van der Waals surface area (Å²) in [6.07, 6.45) is 0. The molecule has 1 N–H and O–H groups in total. The van der Waals surface area contributed by atoms with Crippen molar-refractivity contribution in [3.05, 3.63) is 68.5 Å². The fourth-order valence-electron chi connectivity index (χ4n) is 2.15. The van der Waals surface area contributed by atoms with Gasteiger partial charge < -0.3 is 5.32 Å². The first-order valence-corrected chi connectivity index (χ1v) is 6.89. The van der Waals surface area contributed by atoms with E-state index in [9.17, 15) is 4.39 Å². The first-order valence-electron chi connectivity index (χ1n) is 5.81. The van der Waals surface area contributed by atoms with Gasteiger partial charge >= 0.3 is 0 Å². The monoisotopic (exact) mass is 355 g/mol. The minimum Gasteiger partial charge on any atom is -0.309 e. The normalized spacial score (nSPS) is 12.4. The maximum absolute atomic E-state index is 13.2. The lowest BCUT2D eigenvalue weighted by Gasteiger charge is -2.20. The van der Waals surface area contributed by atoms with Crippen LogP contribution in [-0.2, 0) is 0 Å². The molecule has 0 aliphatic heterocycles. The van der Waals surface area contributed by atoms with Crippen LogP contribution in [0.2, 0.25) is 0 Å². The van der Waals surface area contributed by atoms with E-state index in [2.05, 4.69) is 40.0 Å². The highest BCUT2D eigenvalue weighted by Crippen LogP contribution is 2.28. The van der Waals surface area contributed by atoms with Gasteiger partial charge in [0.2, 0.25) is 0 Å². The van der Waals surface area contributed by atoms with E-state index in [-0.39, 0.29) is 11.9 Å². The molecule has 18 heavy (non-hydrogen) atoms. The highest BCUT2D eigenvalue weighted by Gasteiger charge is 2.16. The average Bonchev–Trinajstić information content (AvgIpc) is 2.34. The summed E-state index contributed by atoms with van der Waals surface area (Å²) in [5.41, 5.74) is 3.30. The number of halogens is 2. The molecule has 0 saturated heterocycles. The van der Waals surface area contributed by atoms with E-state index in [1.165, 1.54) is 15.2 Å². The van der Waals surface area contributed by atoms with Crippen molar-refractivity contribution in [2.75, 3.05) is 7.05 Å². The maximum atomic E-state index is 13.2. The molecule has 0 bridgehead atoms. The van der Waals surface area contributed by atoms with Crippen LogP contribution in [0.1, 0.15) is 22.7 Å². The Bertz CT molecular complexity index is 554. The predicted octanol–water partition coefficient (Wildman–Crippen LogP) is 4.05. The fraction of sp³-hybridized carbons (Fsp3) is 0.200. The second-order valence-electron chi connectivity index (χ2n) is 4.24. The number of rotatable bonds is 3. The Morgan fingerprint density at radius 3 is 2.44 bits per heavy atom. The summed E-state index contributed by atoms with van der Waals surface area (Å²) in [6.45, 7) is 1.94. The number of hydrogen-bond donors (Lipinski definition) is 1. The van der Waals surface area contributed by atoms with Gasteiger partial charge in [-0.15, -0.1) is 0 Å². The minimum atomic E-state index is -0.186. The molecule has 0 aliphatic carbocycles. The zero-order valence-corrected chi connectivity index (χ0v) is 12.5. The van der Waals surface area contributed by atoms with E-state index < -0.39 is 0 Å². The third-order valence-electron chi connectivity index (χ3n) is 3.05. The zero-order chi connectivity index (χ0) is 13.1. The molecule has 0 spiro atoms. The lowest BCUT2D eigenvalue weighted by Crippen LogP contribution is -2.19. The Balaban J connectivity index is 2.49. The summed E-state index contributed by atoms with van der Waals surface area (Å²) in [6, 6.07) is 13.3. The number of hydrogen-bond acceptors (Lipinski definition) is 1. The molecule has 2 aromatic carbocycles. The number of nitrogens with one attached hydrogen (secondary N) is 1. The van der Waals surface area contributed by atoms with Gasteiger partial charge in [-0.3, -0.25) is 0 Å². The lowest BCUT2D eigenvalue weighted by atomic mass is 9.95. The Kier molecular flexibility index (Phi) is 4.35. The minimum absolute atomic E-state index is 0.0960. The molecule has 2 rings (SSSR count). The summed E-state index contributed by atoms with van der Waals surface area (Å²) in [5, 5.41) is 3.31. The zero-order valence-electron chi connectivity index (χ0n) is 10.4. The largest absolute Gasteiger partial charge is 0.309 e. The smallest absolute Gasteiger partial charge is 0.123 e. The first-order chi connectivity index (χ1) is 8.63. The Morgan fingerprint density at radius 2 is 1.83 bits per heavy atom. The Labute approximate surface area is 121 Å². The summed E-state index contributed by atoms with van der Waals surface area (Å²) in [5.74, 6) is -0.186. The van der Waals surface area contributed by atoms with Crippen LogP contribution in [-0.4, -0.2) is 7.05 Å². The summed E-state index contributed by atoms with van der Waals surface area (Å²) in [4.78, 5) is 0. The van der Waals surface area contributed by atoms with Gasteiger partial charge in [0.25, 0.3) is 0 Å². The third kappa shape index (κ3) is 2.72. The maximum Gasteiger partial charge on any atom is 0.123 e. The molecule has 2 aromatic rings. The summed E-state index contributed by atoms with van der Waals surface area (Å²) in [7, 11) is 1.93. The first kappa shape index (κ1) is 13.5. The summed E-state index contributed by atoms with van der Waals surface area (Å²) >= 11 is 2.33. The lowest BCUT2D eigenvalue weighted by molar-refractivity contribution is 0.621. The molecule has 0 aromatic heterocycles. The van der Waals surface area contributed by atoms with Crippen LogP contribution in [0.5, 0.6) is 0 Å². The molecule has 94 valence electrons. The molecule has 0 saturated carbocycles. The molecule has 1 unspecified atom stereocenters. The molecule has 0 amide bonds. The molecule has 1 nitrogen and oxygen atoms in total. The van der Waals surface area contributed by atoms with Gasteiger partial charge in [-0.2, -0.15) is 0 Å². The van der Waals surface area contributed by atoms with Gasteiger partial charge in [0.05, 0.1) is 6.04 Å². The topological polar surface area (TPSA) is 12.0 Å². The van der Waals surface area contributed by atoms with Crippen molar-refractivity contribution in [2.45, 2.75) is 13.0 Å². The van der Waals surface area contributed by atoms with Gasteiger partial charge in [0.1, 0.15) is 5.82 Å². The van der Waals surface area contributed by atoms with E-state index in [4.69, 9.17) is 0 Å². The van der Waals surface area contributed by atoms with Crippen molar-refractivity contribution < 1.29 is 4.39 Å². The summed E-state index contributed by atoms with van der Waals surface area (Å²) < 4.78 is 14.4. The van der Waals surface area contributed by atoms with Crippen molar-refractivity contribution in [1.82, 2.24) is 5.32 Å². The highest BCUT2D eigenvalue weighted by molar-refractivity contribution is 14.1. The van der Waals surface area contributed by atoms with Crippen molar-refractivity contribution in [3.8, 4) is 0 Å². The SMILES string of the molecule is CNC(c1ccc(F)cc1C)c1ccccc1I. The third-order valence-corrected chi connectivity index (χ3v) is 4.03. The number of benzene rings is 2. The van der Waals surface area contributed by atoms with E-state index in [1.807, 2.05) is 32.2 Å². The molecular formula is C15H15FIN. The Hall–Kier alpha value is -0.940. The van der Waals surface area contributed by atoms with Crippen LogP contribution in [0.4, 0.5) is 4.39 Å². The molecule has 0 heterocycles. The van der Waals surface area contributed by atoms with Gasteiger partial charge in [-0.05, 0) is 71.5 Å². The fourth-order valence-corrected chi connectivity index (χ4v) is 2.85.